The molecule has 0 bridgehead atoms. The minimum atomic E-state index is -1.13. The Morgan fingerprint density at radius 1 is 1.50 bits per heavy atom. The third kappa shape index (κ3) is 4.10. The van der Waals surface area contributed by atoms with E-state index in [1.807, 2.05) is 6.07 Å². The highest BCUT2D eigenvalue weighted by Crippen LogP contribution is 2.30. The monoisotopic (exact) mass is 317 g/mol. The second-order valence-electron chi connectivity index (χ2n) is 3.99. The number of nitrogens with zero attached hydrogens (tertiary/aromatic N) is 3. The summed E-state index contributed by atoms with van der Waals surface area (Å²) in [6.07, 6.45) is 1.43. The van der Waals surface area contributed by atoms with Gasteiger partial charge in [0.15, 0.2) is 6.61 Å². The predicted molar refractivity (Wildman–Crippen MR) is 78.1 cm³/mol. The molecule has 22 heavy (non-hydrogen) atoms. The Morgan fingerprint density at radius 2 is 2.27 bits per heavy atom. The van der Waals surface area contributed by atoms with E-state index in [1.54, 1.807) is 31.2 Å². The second kappa shape index (κ2) is 7.28. The Labute approximate surface area is 130 Å². The number of para-hydroxylation sites is 1. The van der Waals surface area contributed by atoms with Crippen LogP contribution < -0.4 is 4.74 Å². The normalized spacial score (nSPS) is 11.0. The number of aliphatic carboxylic acids is 1. The summed E-state index contributed by atoms with van der Waals surface area (Å²) in [7, 11) is 0. The lowest BCUT2D eigenvalue weighted by atomic mass is 10.2. The van der Waals surface area contributed by atoms with Crippen LogP contribution >= 0.6 is 11.8 Å². The molecule has 2 aromatic rings. The zero-order valence-corrected chi connectivity index (χ0v) is 12.3. The highest BCUT2D eigenvalue weighted by atomic mass is 32.2. The van der Waals surface area contributed by atoms with Crippen LogP contribution in [-0.2, 0) is 4.79 Å². The molecule has 0 aliphatic carbocycles. The summed E-state index contributed by atoms with van der Waals surface area (Å²) in [5, 5.41) is 25.4. The average Bonchev–Trinajstić information content (AvgIpc) is 2.90. The van der Waals surface area contributed by atoms with Gasteiger partial charge in [0.2, 0.25) is 5.89 Å². The Balaban J connectivity index is 2.30. The number of carbonyl (C=O) groups is 1. The van der Waals surface area contributed by atoms with E-state index in [1.165, 1.54) is 6.08 Å². The molecular weight excluding hydrogens is 306 g/mol. The number of carboxylic acid groups (broad SMARTS) is 1. The predicted octanol–water partition coefficient (Wildman–Crippen LogP) is 2.50. The molecule has 0 radical (unpaired) electrons. The van der Waals surface area contributed by atoms with Crippen molar-refractivity contribution in [1.82, 2.24) is 10.2 Å². The summed E-state index contributed by atoms with van der Waals surface area (Å²) < 4.78 is 10.4. The highest BCUT2D eigenvalue weighted by molar-refractivity contribution is 8.03. The summed E-state index contributed by atoms with van der Waals surface area (Å²) in [5.74, 6) is -0.356. The summed E-state index contributed by atoms with van der Waals surface area (Å²) in [4.78, 5) is 11.4. The van der Waals surface area contributed by atoms with Gasteiger partial charge in [0.25, 0.3) is 5.22 Å². The van der Waals surface area contributed by atoms with Crippen molar-refractivity contribution < 1.29 is 19.1 Å². The van der Waals surface area contributed by atoms with Gasteiger partial charge >= 0.3 is 5.97 Å². The minimum absolute atomic E-state index is 0.00309. The molecule has 0 unspecified atom stereocenters. The molecule has 8 heteroatoms. The lowest BCUT2D eigenvalue weighted by Crippen LogP contribution is -1.99. The molecule has 0 saturated carbocycles. The Morgan fingerprint density at radius 3 is 2.91 bits per heavy atom. The smallest absolute Gasteiger partial charge is 0.342 e. The minimum Gasteiger partial charge on any atom is -0.478 e. The Bertz CT molecular complexity index is 749. The molecule has 7 nitrogen and oxygen atoms in total. The van der Waals surface area contributed by atoms with E-state index >= 15 is 0 Å². The van der Waals surface area contributed by atoms with Crippen molar-refractivity contribution in [2.24, 2.45) is 0 Å². The lowest BCUT2D eigenvalue weighted by Gasteiger charge is -2.06. The van der Waals surface area contributed by atoms with Crippen LogP contribution in [-0.4, -0.2) is 27.9 Å². The van der Waals surface area contributed by atoms with Crippen LogP contribution in [0.5, 0.6) is 5.75 Å². The third-order valence-electron chi connectivity index (χ3n) is 2.41. The number of carboxylic acids is 1. The molecule has 0 saturated heterocycles. The van der Waals surface area contributed by atoms with Gasteiger partial charge in [-0.15, -0.1) is 10.2 Å². The van der Waals surface area contributed by atoms with Crippen molar-refractivity contribution in [3.05, 3.63) is 40.6 Å². The highest BCUT2D eigenvalue weighted by Gasteiger charge is 2.15. The van der Waals surface area contributed by atoms with Crippen LogP contribution in [0.1, 0.15) is 11.5 Å². The molecule has 0 fully saturated rings. The largest absolute Gasteiger partial charge is 0.478 e. The SMILES string of the molecule is Cc1nnc(S/C(=C\c2ccccc2OCC#N)C(=O)O)o1. The van der Waals surface area contributed by atoms with Crippen LogP contribution in [0.25, 0.3) is 6.08 Å². The van der Waals surface area contributed by atoms with Gasteiger partial charge < -0.3 is 14.3 Å². The summed E-state index contributed by atoms with van der Waals surface area (Å²) >= 11 is 0.846. The van der Waals surface area contributed by atoms with Gasteiger partial charge in [0, 0.05) is 12.5 Å². The number of aromatic nitrogens is 2. The molecule has 1 aromatic carbocycles. The fraction of sp³-hybridized carbons (Fsp3) is 0.143. The first-order valence-corrected chi connectivity index (χ1v) is 6.93. The van der Waals surface area contributed by atoms with Gasteiger partial charge in [-0.25, -0.2) is 4.79 Å². The van der Waals surface area contributed by atoms with Gasteiger partial charge in [-0.2, -0.15) is 5.26 Å². The molecule has 1 aromatic heterocycles. The van der Waals surface area contributed by atoms with Gasteiger partial charge in [-0.1, -0.05) is 18.2 Å². The van der Waals surface area contributed by atoms with Crippen molar-refractivity contribution >= 4 is 23.8 Å². The van der Waals surface area contributed by atoms with Crippen LogP contribution in [0, 0.1) is 18.3 Å². The van der Waals surface area contributed by atoms with Crippen molar-refractivity contribution in [3.63, 3.8) is 0 Å². The summed E-state index contributed by atoms with van der Waals surface area (Å²) in [6, 6.07) is 8.69. The third-order valence-corrected chi connectivity index (χ3v) is 3.27. The molecule has 0 spiro atoms. The lowest BCUT2D eigenvalue weighted by molar-refractivity contribution is -0.131. The topological polar surface area (TPSA) is 109 Å². The molecule has 0 amide bonds. The maximum atomic E-state index is 11.4. The zero-order valence-electron chi connectivity index (χ0n) is 11.5. The molecule has 0 atom stereocenters. The van der Waals surface area contributed by atoms with Gasteiger partial charge in [-0.3, -0.25) is 0 Å². The molecule has 1 N–H and O–H groups in total. The fourth-order valence-corrected chi connectivity index (χ4v) is 2.24. The number of hydrogen-bond acceptors (Lipinski definition) is 7. The fourth-order valence-electron chi connectivity index (χ4n) is 1.53. The number of rotatable bonds is 6. The maximum absolute atomic E-state index is 11.4. The van der Waals surface area contributed by atoms with Gasteiger partial charge in [0.05, 0.1) is 0 Å². The van der Waals surface area contributed by atoms with E-state index < -0.39 is 5.97 Å². The number of aryl methyl sites for hydroxylation is 1. The quantitative estimate of drug-likeness (QED) is 0.639. The molecule has 1 heterocycles. The molecule has 0 aliphatic rings. The van der Waals surface area contributed by atoms with E-state index in [0.29, 0.717) is 17.2 Å². The first kappa shape index (κ1) is 15.6. The Kier molecular flexibility index (Phi) is 5.16. The maximum Gasteiger partial charge on any atom is 0.342 e. The molecule has 112 valence electrons. The molecule has 2 rings (SSSR count). The first-order chi connectivity index (χ1) is 10.6. The summed E-state index contributed by atoms with van der Waals surface area (Å²) in [6.45, 7) is 1.50. The van der Waals surface area contributed by atoms with E-state index in [0.717, 1.165) is 11.8 Å². The summed E-state index contributed by atoms with van der Waals surface area (Å²) in [5.41, 5.74) is 0.541. The molecule has 0 aliphatic heterocycles. The van der Waals surface area contributed by atoms with Gasteiger partial charge in [0.1, 0.15) is 16.7 Å². The van der Waals surface area contributed by atoms with Crippen molar-refractivity contribution in [3.8, 4) is 11.8 Å². The number of nitriles is 1. The van der Waals surface area contributed by atoms with Crippen LogP contribution in [0.2, 0.25) is 0 Å². The average molecular weight is 317 g/mol. The molecular formula is C14H11N3O4S. The van der Waals surface area contributed by atoms with Crippen LogP contribution in [0.3, 0.4) is 0 Å². The van der Waals surface area contributed by atoms with Crippen molar-refractivity contribution in [1.29, 1.82) is 5.26 Å². The number of ether oxygens (including phenoxy) is 1. The van der Waals surface area contributed by atoms with E-state index in [-0.39, 0.29) is 16.7 Å². The van der Waals surface area contributed by atoms with E-state index in [4.69, 9.17) is 14.4 Å². The number of benzene rings is 1. The second-order valence-corrected chi connectivity index (χ2v) is 4.98. The first-order valence-electron chi connectivity index (χ1n) is 6.12. The number of thioether (sulfide) groups is 1. The number of hydrogen-bond donors (Lipinski definition) is 1. The zero-order chi connectivity index (χ0) is 15.9. The van der Waals surface area contributed by atoms with Crippen LogP contribution in [0.4, 0.5) is 0 Å². The Hall–Kier alpha value is -2.79. The van der Waals surface area contributed by atoms with Crippen LogP contribution in [0.15, 0.2) is 38.8 Å². The van der Waals surface area contributed by atoms with Crippen molar-refractivity contribution in [2.45, 2.75) is 12.1 Å². The van der Waals surface area contributed by atoms with Crippen molar-refractivity contribution in [2.75, 3.05) is 6.61 Å². The standard InChI is InChI=1S/C14H11N3O4S/c1-9-16-17-14(21-9)22-12(13(18)19)8-10-4-2-3-5-11(10)20-7-6-15/h2-5,8H,7H2,1H3,(H,18,19)/b12-8-. The van der Waals surface area contributed by atoms with Gasteiger partial charge in [-0.05, 0) is 23.9 Å². The van der Waals surface area contributed by atoms with E-state index in [9.17, 15) is 9.90 Å². The van der Waals surface area contributed by atoms with E-state index in [2.05, 4.69) is 10.2 Å².